The van der Waals surface area contributed by atoms with E-state index < -0.39 is 9.84 Å². The van der Waals surface area contributed by atoms with Crippen molar-refractivity contribution in [3.05, 3.63) is 64.8 Å². The Balaban J connectivity index is 1.66. The van der Waals surface area contributed by atoms with Gasteiger partial charge in [-0.3, -0.25) is 4.79 Å². The van der Waals surface area contributed by atoms with Crippen molar-refractivity contribution in [2.24, 2.45) is 0 Å². The van der Waals surface area contributed by atoms with Gasteiger partial charge in [-0.05, 0) is 43.0 Å². The molecule has 0 bridgehead atoms. The van der Waals surface area contributed by atoms with Gasteiger partial charge in [0, 0.05) is 34.7 Å². The van der Waals surface area contributed by atoms with Crippen molar-refractivity contribution in [2.75, 3.05) is 13.1 Å². The number of carbonyl (C=O) groups is 1. The fraction of sp³-hybridized carbons (Fsp3) is 0.318. The lowest BCUT2D eigenvalue weighted by Crippen LogP contribution is -2.37. The van der Waals surface area contributed by atoms with Gasteiger partial charge in [0.2, 0.25) is 5.91 Å². The van der Waals surface area contributed by atoms with E-state index in [0.29, 0.717) is 5.39 Å². The Morgan fingerprint density at radius 2 is 1.66 bits per heavy atom. The lowest BCUT2D eigenvalue weighted by Gasteiger charge is -2.27. The van der Waals surface area contributed by atoms with Crippen molar-refractivity contribution in [1.82, 2.24) is 9.47 Å². The van der Waals surface area contributed by atoms with Crippen molar-refractivity contribution in [1.29, 1.82) is 0 Å². The van der Waals surface area contributed by atoms with E-state index in [4.69, 9.17) is 0 Å². The molecule has 5 nitrogen and oxygen atoms in total. The highest BCUT2D eigenvalue weighted by Crippen LogP contribution is 2.28. The Morgan fingerprint density at radius 3 is 2.38 bits per heavy atom. The van der Waals surface area contributed by atoms with Crippen molar-refractivity contribution >= 4 is 42.6 Å². The zero-order valence-corrected chi connectivity index (χ0v) is 18.5. The zero-order chi connectivity index (χ0) is 20.4. The number of aromatic nitrogens is 1. The summed E-state index contributed by atoms with van der Waals surface area (Å²) in [6.45, 7) is 1.73. The molecular weight excluding hydrogens is 452 g/mol. The van der Waals surface area contributed by atoms with Crippen LogP contribution < -0.4 is 0 Å². The third kappa shape index (κ3) is 4.41. The maximum absolute atomic E-state index is 13.2. The van der Waals surface area contributed by atoms with Crippen LogP contribution in [-0.2, 0) is 26.9 Å². The Kier molecular flexibility index (Phi) is 5.79. The van der Waals surface area contributed by atoms with E-state index in [1.54, 1.807) is 22.9 Å². The predicted molar refractivity (Wildman–Crippen MR) is 117 cm³/mol. The summed E-state index contributed by atoms with van der Waals surface area (Å²) in [6.07, 6.45) is 4.85. The second kappa shape index (κ2) is 8.32. The molecule has 1 saturated heterocycles. The molecule has 0 spiro atoms. The third-order valence-electron chi connectivity index (χ3n) is 5.37. The van der Waals surface area contributed by atoms with E-state index in [2.05, 4.69) is 15.9 Å². The van der Waals surface area contributed by atoms with Crippen LogP contribution in [0, 0.1) is 0 Å². The minimum absolute atomic E-state index is 0.0438. The fourth-order valence-corrected chi connectivity index (χ4v) is 5.71. The first-order chi connectivity index (χ1) is 13.9. The standard InChI is InChI=1S/C22H23BrN2O3S/c23-18-10-8-17(9-11-18)16-29(27,28)21-14-25(20-7-3-2-6-19(20)21)15-22(26)24-12-4-1-5-13-24/h2-3,6-11,14H,1,4-5,12-13,15-16H2. The summed E-state index contributed by atoms with van der Waals surface area (Å²) >= 11 is 3.37. The van der Waals surface area contributed by atoms with Crippen LogP contribution in [-0.4, -0.2) is 36.9 Å². The molecule has 0 unspecified atom stereocenters. The largest absolute Gasteiger partial charge is 0.341 e. The van der Waals surface area contributed by atoms with Gasteiger partial charge >= 0.3 is 0 Å². The monoisotopic (exact) mass is 474 g/mol. The summed E-state index contributed by atoms with van der Waals surface area (Å²) in [7, 11) is -3.55. The van der Waals surface area contributed by atoms with Gasteiger partial charge < -0.3 is 9.47 Å². The van der Waals surface area contributed by atoms with Gasteiger partial charge in [-0.15, -0.1) is 0 Å². The van der Waals surface area contributed by atoms with Crippen molar-refractivity contribution in [2.45, 2.75) is 36.5 Å². The lowest BCUT2D eigenvalue weighted by molar-refractivity contribution is -0.132. The summed E-state index contributed by atoms with van der Waals surface area (Å²) in [5, 5.41) is 0.663. The normalized spacial score (nSPS) is 15.0. The van der Waals surface area contributed by atoms with Crippen LogP contribution >= 0.6 is 15.9 Å². The molecule has 4 rings (SSSR count). The van der Waals surface area contributed by atoms with Gasteiger partial charge in [0.1, 0.15) is 6.54 Å². The Morgan fingerprint density at radius 1 is 0.966 bits per heavy atom. The second-order valence-electron chi connectivity index (χ2n) is 7.47. The molecule has 0 saturated carbocycles. The van der Waals surface area contributed by atoms with E-state index in [0.717, 1.165) is 47.9 Å². The van der Waals surface area contributed by atoms with Crippen LogP contribution in [0.25, 0.3) is 10.9 Å². The van der Waals surface area contributed by atoms with Crippen LogP contribution in [0.1, 0.15) is 24.8 Å². The average molecular weight is 475 g/mol. The van der Waals surface area contributed by atoms with E-state index in [-0.39, 0.29) is 23.1 Å². The number of piperidine rings is 1. The molecule has 0 N–H and O–H groups in total. The molecule has 0 radical (unpaired) electrons. The number of hydrogen-bond acceptors (Lipinski definition) is 3. The molecule has 1 aliphatic rings. The number of para-hydroxylation sites is 1. The molecule has 29 heavy (non-hydrogen) atoms. The van der Waals surface area contributed by atoms with Crippen LogP contribution in [0.3, 0.4) is 0 Å². The summed E-state index contributed by atoms with van der Waals surface area (Å²) in [5.41, 5.74) is 1.50. The summed E-state index contributed by atoms with van der Waals surface area (Å²) in [5.74, 6) is -0.0312. The summed E-state index contributed by atoms with van der Waals surface area (Å²) < 4.78 is 29.0. The number of nitrogens with zero attached hydrogens (tertiary/aromatic N) is 2. The van der Waals surface area contributed by atoms with Gasteiger partial charge in [-0.2, -0.15) is 0 Å². The number of carbonyl (C=O) groups excluding carboxylic acids is 1. The number of amides is 1. The van der Waals surface area contributed by atoms with E-state index in [9.17, 15) is 13.2 Å². The number of hydrogen-bond donors (Lipinski definition) is 0. The van der Waals surface area contributed by atoms with Crippen LogP contribution in [0.2, 0.25) is 0 Å². The van der Waals surface area contributed by atoms with Crippen molar-refractivity contribution in [3.63, 3.8) is 0 Å². The molecule has 1 aliphatic heterocycles. The summed E-state index contributed by atoms with van der Waals surface area (Å²) in [4.78, 5) is 14.9. The number of halogens is 1. The van der Waals surface area contributed by atoms with Crippen LogP contribution in [0.5, 0.6) is 0 Å². The molecule has 7 heteroatoms. The van der Waals surface area contributed by atoms with Crippen molar-refractivity contribution in [3.8, 4) is 0 Å². The lowest BCUT2D eigenvalue weighted by atomic mass is 10.1. The fourth-order valence-electron chi connectivity index (χ4n) is 3.86. The van der Waals surface area contributed by atoms with Gasteiger partial charge in [0.15, 0.2) is 9.84 Å². The number of rotatable bonds is 5. The quantitative estimate of drug-likeness (QED) is 0.550. The smallest absolute Gasteiger partial charge is 0.242 e. The molecule has 1 amide bonds. The molecule has 1 aromatic heterocycles. The molecule has 2 heterocycles. The van der Waals surface area contributed by atoms with E-state index in [1.165, 1.54) is 0 Å². The molecule has 152 valence electrons. The number of likely N-dealkylation sites (tertiary alicyclic amines) is 1. The molecule has 2 aromatic carbocycles. The first-order valence-electron chi connectivity index (χ1n) is 9.77. The number of sulfone groups is 1. The Labute approximate surface area is 179 Å². The molecule has 0 atom stereocenters. The van der Waals surface area contributed by atoms with E-state index >= 15 is 0 Å². The highest BCUT2D eigenvalue weighted by Gasteiger charge is 2.24. The van der Waals surface area contributed by atoms with Crippen LogP contribution in [0.4, 0.5) is 0 Å². The SMILES string of the molecule is O=C(Cn1cc(S(=O)(=O)Cc2ccc(Br)cc2)c2ccccc21)N1CCCCC1. The maximum Gasteiger partial charge on any atom is 0.242 e. The van der Waals surface area contributed by atoms with E-state index in [1.807, 2.05) is 41.3 Å². The maximum atomic E-state index is 13.2. The van der Waals surface area contributed by atoms with Crippen molar-refractivity contribution < 1.29 is 13.2 Å². The predicted octanol–water partition coefficient (Wildman–Crippen LogP) is 4.39. The minimum Gasteiger partial charge on any atom is -0.341 e. The molecular formula is C22H23BrN2O3S. The van der Waals surface area contributed by atoms with Gasteiger partial charge in [-0.1, -0.05) is 46.3 Å². The zero-order valence-electron chi connectivity index (χ0n) is 16.1. The van der Waals surface area contributed by atoms with Gasteiger partial charge in [-0.25, -0.2) is 8.42 Å². The summed E-state index contributed by atoms with van der Waals surface area (Å²) in [6, 6.07) is 14.7. The van der Waals surface area contributed by atoms with Crippen LogP contribution in [0.15, 0.2) is 64.1 Å². The topological polar surface area (TPSA) is 59.4 Å². The molecule has 1 fully saturated rings. The second-order valence-corrected chi connectivity index (χ2v) is 10.3. The Bertz CT molecular complexity index is 1130. The third-order valence-corrected chi connectivity index (χ3v) is 7.61. The molecule has 3 aromatic rings. The number of fused-ring (bicyclic) bond motifs is 1. The first-order valence-corrected chi connectivity index (χ1v) is 12.2. The van der Waals surface area contributed by atoms with Gasteiger partial charge in [0.05, 0.1) is 10.6 Å². The highest BCUT2D eigenvalue weighted by molar-refractivity contribution is 9.10. The Hall–Kier alpha value is -2.12. The number of benzene rings is 2. The minimum atomic E-state index is -3.55. The molecule has 0 aliphatic carbocycles. The van der Waals surface area contributed by atoms with Gasteiger partial charge in [0.25, 0.3) is 0 Å². The first kappa shape index (κ1) is 20.2. The average Bonchev–Trinajstić information content (AvgIpc) is 3.10. The highest BCUT2D eigenvalue weighted by atomic mass is 79.9.